The monoisotopic (exact) mass is 241 g/mol. The van der Waals surface area contributed by atoms with Crippen molar-refractivity contribution < 1.29 is 23.4 Å². The highest BCUT2D eigenvalue weighted by molar-refractivity contribution is 7.89. The number of carbonyl (C=O) groups is 1. The van der Waals surface area contributed by atoms with Crippen LogP contribution < -0.4 is 4.72 Å². The molecular weight excluding hydrogens is 234 g/mol. The molecule has 0 aromatic heterocycles. The Morgan fingerprint density at radius 1 is 1.25 bits per heavy atom. The number of nitrogens with one attached hydrogen (secondary N) is 1. The zero-order valence-electron chi connectivity index (χ0n) is 7.84. The van der Waals surface area contributed by atoms with Crippen molar-refractivity contribution in [1.82, 2.24) is 4.72 Å². The van der Waals surface area contributed by atoms with E-state index in [1.54, 1.807) is 4.72 Å². The van der Waals surface area contributed by atoms with Crippen LogP contribution in [0.3, 0.4) is 0 Å². The molecule has 2 rings (SSSR count). The van der Waals surface area contributed by atoms with Gasteiger partial charge in [-0.3, -0.25) is 4.72 Å². The van der Waals surface area contributed by atoms with Crippen LogP contribution in [0.1, 0.15) is 5.56 Å². The Labute approximate surface area is 90.9 Å². The molecule has 0 atom stereocenters. The lowest BCUT2D eigenvalue weighted by Gasteiger charge is -2.18. The molecule has 7 heteroatoms. The molecule has 1 aliphatic heterocycles. The Bertz CT molecular complexity index is 602. The highest BCUT2D eigenvalue weighted by atomic mass is 32.2. The third-order valence-corrected chi connectivity index (χ3v) is 3.53. The Balaban J connectivity index is 2.80. The summed E-state index contributed by atoms with van der Waals surface area (Å²) in [6, 6.07) is 5.62. The lowest BCUT2D eigenvalue weighted by molar-refractivity contribution is -0.132. The zero-order chi connectivity index (χ0) is 11.9. The van der Waals surface area contributed by atoms with Crippen molar-refractivity contribution in [2.75, 3.05) is 0 Å². The third-order valence-electron chi connectivity index (χ3n) is 2.12. The molecule has 0 saturated carbocycles. The number of hydrogen-bond acceptors (Lipinski definition) is 4. The van der Waals surface area contributed by atoms with E-state index in [4.69, 9.17) is 5.11 Å². The summed E-state index contributed by atoms with van der Waals surface area (Å²) < 4.78 is 25.0. The molecule has 0 radical (unpaired) electrons. The molecule has 0 aliphatic carbocycles. The predicted molar refractivity (Wildman–Crippen MR) is 53.9 cm³/mol. The summed E-state index contributed by atoms with van der Waals surface area (Å²) in [7, 11) is -3.92. The van der Waals surface area contributed by atoms with Gasteiger partial charge in [0.15, 0.2) is 11.5 Å². The molecular formula is C9H7NO5S. The molecule has 0 spiro atoms. The van der Waals surface area contributed by atoms with Crippen molar-refractivity contribution in [3.8, 4) is 0 Å². The molecule has 0 unspecified atom stereocenters. The van der Waals surface area contributed by atoms with Crippen LogP contribution in [0.25, 0.3) is 5.76 Å². The number of aliphatic hydroxyl groups is 1. The van der Waals surface area contributed by atoms with Gasteiger partial charge in [0, 0.05) is 5.56 Å². The van der Waals surface area contributed by atoms with Crippen molar-refractivity contribution in [2.45, 2.75) is 4.90 Å². The normalized spacial score (nSPS) is 17.5. The number of sulfonamides is 1. The van der Waals surface area contributed by atoms with Gasteiger partial charge < -0.3 is 10.2 Å². The number of aliphatic carboxylic acids is 1. The van der Waals surface area contributed by atoms with E-state index in [2.05, 4.69) is 0 Å². The molecule has 84 valence electrons. The molecule has 0 amide bonds. The maximum absolute atomic E-state index is 11.6. The van der Waals surface area contributed by atoms with Crippen molar-refractivity contribution in [3.63, 3.8) is 0 Å². The molecule has 1 aromatic carbocycles. The molecule has 1 aliphatic rings. The van der Waals surface area contributed by atoms with E-state index in [0.29, 0.717) is 0 Å². The van der Waals surface area contributed by atoms with E-state index in [9.17, 15) is 18.3 Å². The first-order valence-corrected chi connectivity index (χ1v) is 5.70. The number of aliphatic hydroxyl groups excluding tert-OH is 1. The zero-order valence-corrected chi connectivity index (χ0v) is 8.65. The average molecular weight is 241 g/mol. The molecule has 0 saturated heterocycles. The largest absolute Gasteiger partial charge is 0.505 e. The van der Waals surface area contributed by atoms with Crippen LogP contribution in [-0.2, 0) is 14.8 Å². The second-order valence-electron chi connectivity index (χ2n) is 3.13. The van der Waals surface area contributed by atoms with Crippen LogP contribution >= 0.6 is 0 Å². The maximum Gasteiger partial charge on any atom is 0.356 e. The summed E-state index contributed by atoms with van der Waals surface area (Å²) in [4.78, 5) is 10.6. The van der Waals surface area contributed by atoms with Crippen molar-refractivity contribution in [1.29, 1.82) is 0 Å². The predicted octanol–water partition coefficient (Wildman–Crippen LogP) is 0.290. The fourth-order valence-corrected chi connectivity index (χ4v) is 2.69. The summed E-state index contributed by atoms with van der Waals surface area (Å²) in [5.41, 5.74) is -0.752. The average Bonchev–Trinajstić information content (AvgIpc) is 2.23. The van der Waals surface area contributed by atoms with Gasteiger partial charge in [0.1, 0.15) is 0 Å². The van der Waals surface area contributed by atoms with Crippen LogP contribution in [-0.4, -0.2) is 24.6 Å². The molecule has 0 bridgehead atoms. The van der Waals surface area contributed by atoms with E-state index in [-0.39, 0.29) is 10.5 Å². The number of fused-ring (bicyclic) bond motifs is 1. The third kappa shape index (κ3) is 1.41. The van der Waals surface area contributed by atoms with Gasteiger partial charge in [-0.05, 0) is 12.1 Å². The fraction of sp³-hybridized carbons (Fsp3) is 0. The first-order valence-electron chi connectivity index (χ1n) is 4.22. The highest BCUT2D eigenvalue weighted by Crippen LogP contribution is 2.28. The van der Waals surface area contributed by atoms with E-state index in [1.807, 2.05) is 0 Å². The highest BCUT2D eigenvalue weighted by Gasteiger charge is 2.32. The minimum absolute atomic E-state index is 0.0151. The summed E-state index contributed by atoms with van der Waals surface area (Å²) in [6.07, 6.45) is 0. The first kappa shape index (κ1) is 10.5. The second kappa shape index (κ2) is 3.24. The summed E-state index contributed by atoms with van der Waals surface area (Å²) in [5, 5.41) is 18.3. The van der Waals surface area contributed by atoms with Crippen LogP contribution in [0.15, 0.2) is 34.9 Å². The number of carboxylic acids is 1. The van der Waals surface area contributed by atoms with E-state index < -0.39 is 27.4 Å². The molecule has 0 fully saturated rings. The van der Waals surface area contributed by atoms with Crippen molar-refractivity contribution in [2.24, 2.45) is 0 Å². The van der Waals surface area contributed by atoms with Gasteiger partial charge in [0.25, 0.3) is 10.0 Å². The van der Waals surface area contributed by atoms with Crippen LogP contribution in [0.4, 0.5) is 0 Å². The first-order chi connectivity index (χ1) is 7.43. The van der Waals surface area contributed by atoms with E-state index in [1.165, 1.54) is 24.3 Å². The molecule has 16 heavy (non-hydrogen) atoms. The Kier molecular flexibility index (Phi) is 2.13. The number of hydrogen-bond donors (Lipinski definition) is 3. The van der Waals surface area contributed by atoms with E-state index >= 15 is 0 Å². The van der Waals surface area contributed by atoms with Gasteiger partial charge in [0.2, 0.25) is 0 Å². The Morgan fingerprint density at radius 2 is 1.88 bits per heavy atom. The lowest BCUT2D eigenvalue weighted by atomic mass is 10.1. The number of rotatable bonds is 1. The maximum atomic E-state index is 11.6. The van der Waals surface area contributed by atoms with Crippen LogP contribution in [0.5, 0.6) is 0 Å². The van der Waals surface area contributed by atoms with Gasteiger partial charge in [-0.25, -0.2) is 13.2 Å². The van der Waals surface area contributed by atoms with Crippen LogP contribution in [0.2, 0.25) is 0 Å². The van der Waals surface area contributed by atoms with Crippen molar-refractivity contribution >= 4 is 21.8 Å². The lowest BCUT2D eigenvalue weighted by Crippen LogP contribution is -2.32. The standard InChI is InChI=1S/C9H7NO5S/c11-8-5-3-1-2-4-6(5)16(14,15)10-7(8)9(12)13/h1-4,10-11H,(H,12,13). The Morgan fingerprint density at radius 3 is 2.50 bits per heavy atom. The summed E-state index contributed by atoms with van der Waals surface area (Å²) in [5.74, 6) is -2.12. The van der Waals surface area contributed by atoms with Crippen molar-refractivity contribution in [3.05, 3.63) is 35.5 Å². The topological polar surface area (TPSA) is 104 Å². The van der Waals surface area contributed by atoms with Gasteiger partial charge in [-0.2, -0.15) is 0 Å². The second-order valence-corrected chi connectivity index (χ2v) is 4.78. The molecule has 3 N–H and O–H groups in total. The van der Waals surface area contributed by atoms with Gasteiger partial charge in [0.05, 0.1) is 4.90 Å². The molecule has 1 aromatic rings. The van der Waals surface area contributed by atoms with Gasteiger partial charge in [-0.1, -0.05) is 12.1 Å². The Hall–Kier alpha value is -2.02. The quantitative estimate of drug-likeness (QED) is 0.655. The van der Waals surface area contributed by atoms with E-state index in [0.717, 1.165) is 0 Å². The smallest absolute Gasteiger partial charge is 0.356 e. The van der Waals surface area contributed by atoms with Gasteiger partial charge in [-0.15, -0.1) is 0 Å². The summed E-state index contributed by atoms with van der Waals surface area (Å²) in [6.45, 7) is 0. The minimum Gasteiger partial charge on any atom is -0.505 e. The molecule has 6 nitrogen and oxygen atoms in total. The van der Waals surface area contributed by atoms with Gasteiger partial charge >= 0.3 is 5.97 Å². The minimum atomic E-state index is -3.92. The number of benzene rings is 1. The summed E-state index contributed by atoms with van der Waals surface area (Å²) >= 11 is 0. The number of carboxylic acid groups (broad SMARTS) is 1. The molecule has 1 heterocycles. The van der Waals surface area contributed by atoms with Crippen LogP contribution in [0, 0.1) is 0 Å². The fourth-order valence-electron chi connectivity index (χ4n) is 1.41. The SMILES string of the molecule is O=C(O)C1=C(O)c2ccccc2S(=O)(=O)N1.